The smallest absolute Gasteiger partial charge is 0.252 e. The second-order valence-electron chi connectivity index (χ2n) is 4.81. The van der Waals surface area contributed by atoms with E-state index in [4.69, 9.17) is 0 Å². The highest BCUT2D eigenvalue weighted by atomic mass is 35.5. The van der Waals surface area contributed by atoms with E-state index < -0.39 is 0 Å². The Morgan fingerprint density at radius 2 is 2.18 bits per heavy atom. The molecule has 0 bridgehead atoms. The average Bonchev–Trinajstić information content (AvgIpc) is 2.90. The zero-order chi connectivity index (χ0) is 13.9. The van der Waals surface area contributed by atoms with Crippen LogP contribution in [0.2, 0.25) is 0 Å². The highest BCUT2D eigenvalue weighted by Crippen LogP contribution is 2.25. The van der Waals surface area contributed by atoms with Crippen molar-refractivity contribution >= 4 is 17.2 Å². The number of aryl methyl sites for hydroxylation is 1. The molecule has 22 heavy (non-hydrogen) atoms. The number of carbonyl (C=O) groups excluding carboxylic acids is 1. The third-order valence-electron chi connectivity index (χ3n) is 3.33. The summed E-state index contributed by atoms with van der Waals surface area (Å²) in [6, 6.07) is 0. The molecular weight excluding hydrogens is 343 g/mol. The number of fused-ring (bicyclic) bond motifs is 1. The standard InChI is InChI=1S/C14H16N4OS.2ClH/c1-9-4-17-10(5-16-9)6-18-14(19)12-8-20-13-7-15-3-2-11(12)13;;/h4-5,8,15H,2-3,6-7H2,1H3,(H,18,19);2*1H/p-2. The molecule has 120 valence electrons. The zero-order valence-corrected chi connectivity index (χ0v) is 14.4. The Hall–Kier alpha value is -1.21. The van der Waals surface area contributed by atoms with Gasteiger partial charge in [0.15, 0.2) is 0 Å². The molecule has 0 saturated heterocycles. The largest absolute Gasteiger partial charge is 1.00 e. The first kappa shape index (κ1) is 18.8. The summed E-state index contributed by atoms with van der Waals surface area (Å²) in [6.45, 7) is 4.11. The number of rotatable bonds is 3. The number of nitrogens with one attached hydrogen (secondary N) is 2. The van der Waals surface area contributed by atoms with Crippen LogP contribution in [0.4, 0.5) is 0 Å². The quantitative estimate of drug-likeness (QED) is 0.579. The summed E-state index contributed by atoms with van der Waals surface area (Å²) in [6.07, 6.45) is 4.33. The van der Waals surface area contributed by atoms with E-state index in [9.17, 15) is 4.79 Å². The van der Waals surface area contributed by atoms with Gasteiger partial charge in [0.05, 0.1) is 29.7 Å². The maximum atomic E-state index is 12.2. The van der Waals surface area contributed by atoms with Gasteiger partial charge in [-0.25, -0.2) is 0 Å². The Kier molecular flexibility index (Phi) is 7.22. The van der Waals surface area contributed by atoms with Gasteiger partial charge in [0.1, 0.15) is 0 Å². The summed E-state index contributed by atoms with van der Waals surface area (Å²) in [5.41, 5.74) is 3.65. The van der Waals surface area contributed by atoms with Gasteiger partial charge in [-0.05, 0) is 25.5 Å². The van der Waals surface area contributed by atoms with E-state index in [1.54, 1.807) is 23.7 Å². The second kappa shape index (κ2) is 8.43. The molecule has 0 unspecified atom stereocenters. The molecule has 0 aliphatic carbocycles. The van der Waals surface area contributed by atoms with Gasteiger partial charge in [-0.15, -0.1) is 11.3 Å². The molecule has 1 aliphatic rings. The molecule has 0 atom stereocenters. The number of hydrogen-bond donors (Lipinski definition) is 2. The van der Waals surface area contributed by atoms with Gasteiger partial charge in [-0.1, -0.05) is 0 Å². The van der Waals surface area contributed by atoms with Gasteiger partial charge in [0, 0.05) is 23.0 Å². The van der Waals surface area contributed by atoms with Crippen molar-refractivity contribution in [1.29, 1.82) is 0 Å². The fourth-order valence-corrected chi connectivity index (χ4v) is 3.28. The van der Waals surface area contributed by atoms with Crippen molar-refractivity contribution in [2.45, 2.75) is 26.4 Å². The topological polar surface area (TPSA) is 66.9 Å². The fraction of sp³-hybridized carbons (Fsp3) is 0.357. The number of nitrogens with zero attached hydrogens (tertiary/aromatic N) is 2. The van der Waals surface area contributed by atoms with Crippen LogP contribution in [0.3, 0.4) is 0 Å². The van der Waals surface area contributed by atoms with Crippen LogP contribution in [-0.2, 0) is 19.5 Å². The lowest BCUT2D eigenvalue weighted by Gasteiger charge is -2.14. The molecule has 2 aromatic heterocycles. The van der Waals surface area contributed by atoms with E-state index in [1.807, 2.05) is 12.3 Å². The molecule has 5 nitrogen and oxygen atoms in total. The molecule has 8 heteroatoms. The van der Waals surface area contributed by atoms with Crippen LogP contribution in [0.5, 0.6) is 0 Å². The lowest BCUT2D eigenvalue weighted by atomic mass is 10.0. The van der Waals surface area contributed by atoms with Gasteiger partial charge in [0.25, 0.3) is 5.91 Å². The first-order chi connectivity index (χ1) is 9.74. The summed E-state index contributed by atoms with van der Waals surface area (Å²) in [7, 11) is 0. The van der Waals surface area contributed by atoms with Crippen LogP contribution >= 0.6 is 11.3 Å². The minimum absolute atomic E-state index is 0. The van der Waals surface area contributed by atoms with Crippen LogP contribution in [-0.4, -0.2) is 22.4 Å². The third-order valence-corrected chi connectivity index (χ3v) is 4.36. The van der Waals surface area contributed by atoms with Crippen LogP contribution in [0.15, 0.2) is 17.8 Å². The van der Waals surface area contributed by atoms with Crippen molar-refractivity contribution in [3.8, 4) is 0 Å². The highest BCUT2D eigenvalue weighted by Gasteiger charge is 2.19. The minimum atomic E-state index is -0.0215. The molecule has 0 fully saturated rings. The Morgan fingerprint density at radius 1 is 1.36 bits per heavy atom. The predicted molar refractivity (Wildman–Crippen MR) is 77.7 cm³/mol. The van der Waals surface area contributed by atoms with Gasteiger partial charge in [0.2, 0.25) is 0 Å². The van der Waals surface area contributed by atoms with Crippen LogP contribution in [0, 0.1) is 6.92 Å². The van der Waals surface area contributed by atoms with Crippen LogP contribution < -0.4 is 35.4 Å². The molecule has 0 spiro atoms. The van der Waals surface area contributed by atoms with Crippen molar-refractivity contribution in [3.63, 3.8) is 0 Å². The van der Waals surface area contributed by atoms with E-state index in [1.165, 1.54) is 10.4 Å². The lowest BCUT2D eigenvalue weighted by molar-refractivity contribution is -0.00100. The number of aromatic nitrogens is 2. The van der Waals surface area contributed by atoms with E-state index >= 15 is 0 Å². The Bertz CT molecular complexity index is 630. The second-order valence-corrected chi connectivity index (χ2v) is 5.77. The van der Waals surface area contributed by atoms with Crippen molar-refractivity contribution in [1.82, 2.24) is 20.6 Å². The number of halogens is 2. The van der Waals surface area contributed by atoms with E-state index in [2.05, 4.69) is 20.6 Å². The Morgan fingerprint density at radius 3 is 2.91 bits per heavy atom. The molecule has 0 radical (unpaired) electrons. The van der Waals surface area contributed by atoms with Gasteiger partial charge >= 0.3 is 0 Å². The highest BCUT2D eigenvalue weighted by molar-refractivity contribution is 7.10. The molecule has 0 aromatic carbocycles. The van der Waals surface area contributed by atoms with E-state index in [0.29, 0.717) is 6.54 Å². The van der Waals surface area contributed by atoms with E-state index in [-0.39, 0.29) is 30.7 Å². The number of amides is 1. The summed E-state index contributed by atoms with van der Waals surface area (Å²) >= 11 is 1.65. The van der Waals surface area contributed by atoms with Crippen LogP contribution in [0.25, 0.3) is 0 Å². The molecule has 2 aromatic rings. The molecule has 1 amide bonds. The van der Waals surface area contributed by atoms with Crippen molar-refractivity contribution in [3.05, 3.63) is 45.2 Å². The molecule has 0 saturated carbocycles. The van der Waals surface area contributed by atoms with Gasteiger partial charge in [-0.3, -0.25) is 14.8 Å². The molecule has 1 aliphatic heterocycles. The zero-order valence-electron chi connectivity index (χ0n) is 12.0. The first-order valence-corrected chi connectivity index (χ1v) is 7.47. The predicted octanol–water partition coefficient (Wildman–Crippen LogP) is -4.57. The summed E-state index contributed by atoms with van der Waals surface area (Å²) in [4.78, 5) is 21.9. The van der Waals surface area contributed by atoms with Gasteiger partial charge < -0.3 is 35.4 Å². The lowest BCUT2D eigenvalue weighted by Crippen LogP contribution is -3.00. The number of thiophene rings is 1. The average molecular weight is 359 g/mol. The molecule has 3 heterocycles. The van der Waals surface area contributed by atoms with Crippen molar-refractivity contribution in [2.24, 2.45) is 0 Å². The van der Waals surface area contributed by atoms with E-state index in [0.717, 1.165) is 36.5 Å². The molecule has 3 rings (SSSR count). The van der Waals surface area contributed by atoms with Gasteiger partial charge in [-0.2, -0.15) is 0 Å². The normalized spacial score (nSPS) is 12.6. The molecule has 2 N–H and O–H groups in total. The van der Waals surface area contributed by atoms with Crippen molar-refractivity contribution in [2.75, 3.05) is 6.54 Å². The Balaban J connectivity index is 0.00000121. The summed E-state index contributed by atoms with van der Waals surface area (Å²) in [5.74, 6) is -0.0215. The third kappa shape index (κ3) is 4.16. The fourth-order valence-electron chi connectivity index (χ4n) is 2.23. The Labute approximate surface area is 145 Å². The monoisotopic (exact) mass is 358 g/mol. The number of carbonyl (C=O) groups is 1. The summed E-state index contributed by atoms with van der Waals surface area (Å²) in [5, 5.41) is 8.18. The SMILES string of the molecule is Cc1cnc(CNC(=O)c2csc3c2CCNC3)cn1.[Cl-].[Cl-]. The molecular formula is C14H16Cl2N4OS-2. The maximum Gasteiger partial charge on any atom is 0.252 e. The van der Waals surface area contributed by atoms with Crippen LogP contribution in [0.1, 0.15) is 32.2 Å². The minimum Gasteiger partial charge on any atom is -1.00 e. The summed E-state index contributed by atoms with van der Waals surface area (Å²) < 4.78 is 0. The van der Waals surface area contributed by atoms with Crippen molar-refractivity contribution < 1.29 is 29.6 Å². The number of hydrogen-bond acceptors (Lipinski definition) is 5. The first-order valence-electron chi connectivity index (χ1n) is 6.59. The maximum absolute atomic E-state index is 12.2.